The third kappa shape index (κ3) is 15.4. The number of nitrogen functional groups attached to an aromatic ring is 1. The maximum Gasteiger partial charge on any atom is 1.00 e. The number of phosphoric acid groups is 3. The number of carbonyl (C=O) groups excluding carboxylic acids is 3. The number of nitrogens with zero attached hydrogens (tertiary/aromatic N) is 4. The second-order valence-electron chi connectivity index (χ2n) is 12.3. The number of imidazole rings is 1. The van der Waals surface area contributed by atoms with E-state index in [-0.39, 0.29) is 74.1 Å². The van der Waals surface area contributed by atoms with Crippen LogP contribution in [0.5, 0.6) is 0 Å². The monoisotopic (exact) mass is 861 g/mol. The normalized spacial score (nSPS) is 22.2. The summed E-state index contributed by atoms with van der Waals surface area (Å²) in [4.78, 5) is 86.9. The summed E-state index contributed by atoms with van der Waals surface area (Å²) < 4.78 is 61.9. The smallest absolute Gasteiger partial charge is 1.00 e. The summed E-state index contributed by atoms with van der Waals surface area (Å²) in [5, 5.41) is 35.2. The topological polar surface area (TPSA) is 384 Å². The number of nitrogens with two attached hydrogens (primary N) is 1. The van der Waals surface area contributed by atoms with Crippen LogP contribution < -0.4 is 35.2 Å². The SMILES string of the molecule is CC(O)CC(=O)SCCNC(=O)CCNC(=O)[C@H](O)C(C)(C)COP(=O)(O)OP(=O)(O)OC[C@H]1O[C@@H](n2cnc3c(N)ncnc32)[C@H](O)[C@@H]1OP(=O)(O)O.[H-].[Li+]. The van der Waals surface area contributed by atoms with E-state index in [1.807, 2.05) is 0 Å². The predicted molar refractivity (Wildman–Crippen MR) is 185 cm³/mol. The van der Waals surface area contributed by atoms with Crippen molar-refractivity contribution in [1.82, 2.24) is 30.2 Å². The van der Waals surface area contributed by atoms with Gasteiger partial charge in [-0.2, -0.15) is 4.31 Å². The standard InChI is InChI=1S/C25H42N7O18P3S.Li.H/c1-13(33)8-16(35)54-7-6-27-15(34)4-5-28-23(38)20(37)25(2,3)10-47-53(44,45)50-52(42,43)46-9-14-19(49-51(39,40)41)18(36)24(48-14)32-12-31-17-21(26)29-11-30-22(17)32;;/h11-14,18-20,24,33,36-37H,4-10H2,1-3H3,(H,27,34)(H,28,38)(H,42,43)(H,44,45)(H2,26,29,30)(H2,39,40,41);;/q;+1;-1/t13?,14-,18-,19-,20+,24-;;/m1../s1. The van der Waals surface area contributed by atoms with E-state index in [1.54, 1.807) is 0 Å². The first-order valence-corrected chi connectivity index (χ1v) is 21.1. The molecule has 1 fully saturated rings. The van der Waals surface area contributed by atoms with Gasteiger partial charge >= 0.3 is 42.3 Å². The molecular formula is C25H43LiN7O18P3S. The molecule has 2 aromatic heterocycles. The summed E-state index contributed by atoms with van der Waals surface area (Å²) in [6, 6.07) is 0. The van der Waals surface area contributed by atoms with E-state index in [9.17, 15) is 63.0 Å². The maximum absolute atomic E-state index is 12.6. The number of phosphoric ester groups is 3. The minimum absolute atomic E-state index is 0. The van der Waals surface area contributed by atoms with Gasteiger partial charge in [-0.3, -0.25) is 32.5 Å². The fourth-order valence-corrected chi connectivity index (χ4v) is 8.22. The fraction of sp³-hybridized carbons (Fsp3) is 0.680. The van der Waals surface area contributed by atoms with Gasteiger partial charge in [0.15, 0.2) is 22.8 Å². The fourth-order valence-electron chi connectivity index (χ4n) is 4.60. The van der Waals surface area contributed by atoms with Gasteiger partial charge < -0.3 is 57.4 Å². The van der Waals surface area contributed by atoms with Gasteiger partial charge in [0.25, 0.3) is 0 Å². The van der Waals surface area contributed by atoms with E-state index in [1.165, 1.54) is 20.8 Å². The van der Waals surface area contributed by atoms with E-state index in [2.05, 4.69) is 34.4 Å². The van der Waals surface area contributed by atoms with Gasteiger partial charge in [-0.1, -0.05) is 25.6 Å². The number of rotatable bonds is 21. The Labute approximate surface area is 330 Å². The minimum Gasteiger partial charge on any atom is -1.00 e. The number of carbonyl (C=O) groups is 3. The van der Waals surface area contributed by atoms with Crippen LogP contribution in [-0.4, -0.2) is 134 Å². The number of aromatic nitrogens is 4. The van der Waals surface area contributed by atoms with E-state index in [4.69, 9.17) is 19.5 Å². The average Bonchev–Trinajstić information content (AvgIpc) is 3.60. The number of anilines is 1. The van der Waals surface area contributed by atoms with Crippen LogP contribution in [0.3, 0.4) is 0 Å². The van der Waals surface area contributed by atoms with Gasteiger partial charge in [-0.15, -0.1) is 0 Å². The number of amides is 2. The predicted octanol–water partition coefficient (Wildman–Crippen LogP) is -4.45. The number of aliphatic hydroxyl groups excluding tert-OH is 3. The zero-order valence-corrected chi connectivity index (χ0v) is 33.3. The van der Waals surface area contributed by atoms with Crippen molar-refractivity contribution in [2.75, 3.05) is 37.8 Å². The number of hydrogen-bond acceptors (Lipinski definition) is 19. The third-order valence-corrected chi connectivity index (χ3v) is 11.2. The van der Waals surface area contributed by atoms with Gasteiger partial charge in [0.05, 0.1) is 25.6 Å². The molecule has 0 saturated carbocycles. The molecule has 30 heteroatoms. The summed E-state index contributed by atoms with van der Waals surface area (Å²) >= 11 is 0.939. The van der Waals surface area contributed by atoms with E-state index in [0.29, 0.717) is 0 Å². The minimum atomic E-state index is -5.57. The van der Waals surface area contributed by atoms with E-state index in [0.717, 1.165) is 29.0 Å². The van der Waals surface area contributed by atoms with Crippen molar-refractivity contribution in [1.29, 1.82) is 0 Å². The van der Waals surface area contributed by atoms with Crippen molar-refractivity contribution in [3.63, 3.8) is 0 Å². The first-order chi connectivity index (χ1) is 24.9. The number of nitrogens with one attached hydrogen (secondary N) is 2. The summed E-state index contributed by atoms with van der Waals surface area (Å²) in [5.74, 6) is -1.25. The summed E-state index contributed by atoms with van der Waals surface area (Å²) in [7, 11) is -16.4. The van der Waals surface area contributed by atoms with Gasteiger partial charge in [-0.05, 0) is 6.92 Å². The summed E-state index contributed by atoms with van der Waals surface area (Å²) in [6.07, 6.45) is -7.79. The molecule has 25 nitrogen and oxygen atoms in total. The zero-order chi connectivity index (χ0) is 40.6. The van der Waals surface area contributed by atoms with Gasteiger partial charge in [0.2, 0.25) is 11.8 Å². The molecular weight excluding hydrogens is 818 g/mol. The number of hydrogen-bond donors (Lipinski definition) is 10. The Bertz CT molecular complexity index is 1790. The van der Waals surface area contributed by atoms with Crippen LogP contribution in [0.4, 0.5) is 5.82 Å². The van der Waals surface area contributed by atoms with Crippen molar-refractivity contribution in [3.05, 3.63) is 12.7 Å². The Morgan fingerprint density at radius 1 is 1.07 bits per heavy atom. The molecule has 1 aliphatic heterocycles. The van der Waals surface area contributed by atoms with Crippen LogP contribution in [0.1, 0.15) is 41.3 Å². The van der Waals surface area contributed by atoms with Crippen molar-refractivity contribution in [2.24, 2.45) is 5.41 Å². The van der Waals surface area contributed by atoms with Crippen LogP contribution in [0.2, 0.25) is 0 Å². The van der Waals surface area contributed by atoms with Crippen molar-refractivity contribution >= 4 is 69.1 Å². The van der Waals surface area contributed by atoms with E-state index < -0.39 is 90.7 Å². The number of thioether (sulfide) groups is 1. The molecule has 1 aliphatic rings. The van der Waals surface area contributed by atoms with Crippen molar-refractivity contribution < 1.29 is 106 Å². The molecule has 0 aromatic carbocycles. The Morgan fingerprint density at radius 2 is 1.73 bits per heavy atom. The van der Waals surface area contributed by atoms with Crippen LogP contribution in [-0.2, 0) is 50.7 Å². The molecule has 2 amide bonds. The molecule has 3 unspecified atom stereocenters. The Hall–Kier alpha value is -1.88. The molecule has 8 atom stereocenters. The first-order valence-electron chi connectivity index (χ1n) is 15.6. The Balaban J connectivity index is 0.00000784. The maximum atomic E-state index is 12.6. The number of aliphatic hydroxyl groups is 3. The van der Waals surface area contributed by atoms with Crippen LogP contribution in [0.15, 0.2) is 12.7 Å². The molecule has 0 radical (unpaired) electrons. The van der Waals surface area contributed by atoms with Crippen LogP contribution in [0.25, 0.3) is 11.2 Å². The largest absolute Gasteiger partial charge is 1.00 e. The van der Waals surface area contributed by atoms with Gasteiger partial charge in [0.1, 0.15) is 36.3 Å². The molecule has 55 heavy (non-hydrogen) atoms. The zero-order valence-electron chi connectivity index (χ0n) is 30.8. The molecule has 308 valence electrons. The second-order valence-corrected chi connectivity index (χ2v) is 17.7. The molecule has 0 aliphatic carbocycles. The first kappa shape index (κ1) is 49.3. The van der Waals surface area contributed by atoms with Crippen molar-refractivity contribution in [3.8, 4) is 0 Å². The quantitative estimate of drug-likeness (QED) is 0.0321. The molecule has 11 N–H and O–H groups in total. The van der Waals surface area contributed by atoms with Gasteiger partial charge in [-0.25, -0.2) is 28.6 Å². The summed E-state index contributed by atoms with van der Waals surface area (Å²) in [5.41, 5.74) is 4.23. The Morgan fingerprint density at radius 3 is 2.36 bits per heavy atom. The summed E-state index contributed by atoms with van der Waals surface area (Å²) in [6.45, 7) is 1.83. The average molecular weight is 862 g/mol. The van der Waals surface area contributed by atoms with Crippen LogP contribution >= 0.6 is 35.2 Å². The number of fused-ring (bicyclic) bond motifs is 1. The van der Waals surface area contributed by atoms with Crippen molar-refractivity contribution in [2.45, 2.75) is 70.4 Å². The molecule has 3 heterocycles. The van der Waals surface area contributed by atoms with Crippen LogP contribution in [0, 0.1) is 5.41 Å². The Kier molecular flexibility index (Phi) is 18.5. The number of ether oxygens (including phenoxy) is 1. The molecule has 0 spiro atoms. The third-order valence-electron chi connectivity index (χ3n) is 7.23. The van der Waals surface area contributed by atoms with E-state index >= 15 is 0 Å². The molecule has 0 bridgehead atoms. The van der Waals surface area contributed by atoms with Gasteiger partial charge in [0, 0.05) is 37.1 Å². The molecule has 1 saturated heterocycles. The second kappa shape index (κ2) is 20.7. The molecule has 2 aromatic rings. The molecule has 3 rings (SSSR count).